The Morgan fingerprint density at radius 1 is 1.36 bits per heavy atom. The predicted molar refractivity (Wildman–Crippen MR) is 79.4 cm³/mol. The first-order valence-corrected chi connectivity index (χ1v) is 7.15. The summed E-state index contributed by atoms with van der Waals surface area (Å²) in [5.74, 6) is -1.00. The lowest BCUT2D eigenvalue weighted by atomic mass is 10.1. The minimum Gasteiger partial charge on any atom is -0.477 e. The van der Waals surface area contributed by atoms with E-state index in [1.54, 1.807) is 12.3 Å². The van der Waals surface area contributed by atoms with Gasteiger partial charge in [-0.1, -0.05) is 12.1 Å². The van der Waals surface area contributed by atoms with Crippen LogP contribution >= 0.6 is 0 Å². The molecule has 2 aromatic heterocycles. The van der Waals surface area contributed by atoms with E-state index in [1.807, 2.05) is 24.4 Å². The molecule has 0 saturated carbocycles. The summed E-state index contributed by atoms with van der Waals surface area (Å²) in [7, 11) is 0. The average molecular weight is 299 g/mol. The number of hydrogen-bond acceptors (Lipinski definition) is 5. The molecular formula is C16H17N3O3. The van der Waals surface area contributed by atoms with Crippen molar-refractivity contribution in [3.63, 3.8) is 0 Å². The summed E-state index contributed by atoms with van der Waals surface area (Å²) in [6.45, 7) is 2.79. The van der Waals surface area contributed by atoms with E-state index in [2.05, 4.69) is 14.9 Å². The lowest BCUT2D eigenvalue weighted by Gasteiger charge is -2.32. The monoisotopic (exact) mass is 299 g/mol. The topological polar surface area (TPSA) is 75.5 Å². The lowest BCUT2D eigenvalue weighted by Crippen LogP contribution is -2.38. The third kappa shape index (κ3) is 3.47. The number of carbonyl (C=O) groups is 1. The van der Waals surface area contributed by atoms with Crippen molar-refractivity contribution in [3.05, 3.63) is 59.7 Å². The van der Waals surface area contributed by atoms with Crippen molar-refractivity contribution in [2.45, 2.75) is 12.6 Å². The van der Waals surface area contributed by atoms with Crippen molar-refractivity contribution in [2.24, 2.45) is 0 Å². The molecule has 0 aliphatic carbocycles. The third-order valence-corrected chi connectivity index (χ3v) is 3.62. The number of hydrogen-bond donors (Lipinski definition) is 1. The van der Waals surface area contributed by atoms with Crippen molar-refractivity contribution in [1.82, 2.24) is 14.9 Å². The Morgan fingerprint density at radius 3 is 3.05 bits per heavy atom. The first-order valence-electron chi connectivity index (χ1n) is 7.15. The molecule has 0 spiro atoms. The minimum absolute atomic E-state index is 0.00916. The number of rotatable bonds is 4. The van der Waals surface area contributed by atoms with E-state index in [4.69, 9.17) is 9.84 Å². The van der Waals surface area contributed by atoms with Gasteiger partial charge in [0.05, 0.1) is 18.4 Å². The Kier molecular flexibility index (Phi) is 4.41. The zero-order valence-corrected chi connectivity index (χ0v) is 12.1. The van der Waals surface area contributed by atoms with Crippen molar-refractivity contribution < 1.29 is 14.6 Å². The second kappa shape index (κ2) is 6.64. The summed E-state index contributed by atoms with van der Waals surface area (Å²) in [5.41, 5.74) is 1.89. The lowest BCUT2D eigenvalue weighted by molar-refractivity contribution is -0.0334. The highest BCUT2D eigenvalue weighted by atomic mass is 16.5. The maximum absolute atomic E-state index is 11.0. The van der Waals surface area contributed by atoms with Crippen LogP contribution in [0.2, 0.25) is 0 Å². The first-order chi connectivity index (χ1) is 10.7. The normalized spacial score (nSPS) is 19.0. The number of pyridine rings is 2. The molecule has 1 saturated heterocycles. The van der Waals surface area contributed by atoms with Crippen molar-refractivity contribution in [2.75, 3.05) is 19.7 Å². The van der Waals surface area contributed by atoms with Gasteiger partial charge in [-0.3, -0.25) is 9.88 Å². The fourth-order valence-electron chi connectivity index (χ4n) is 2.53. The second-order valence-electron chi connectivity index (χ2n) is 5.20. The molecular weight excluding hydrogens is 282 g/mol. The van der Waals surface area contributed by atoms with Crippen LogP contribution < -0.4 is 0 Å². The molecule has 6 heteroatoms. The summed E-state index contributed by atoms with van der Waals surface area (Å²) in [6.07, 6.45) is 3.55. The van der Waals surface area contributed by atoms with Gasteiger partial charge in [-0.25, -0.2) is 9.78 Å². The maximum atomic E-state index is 11.0. The molecule has 1 atom stereocenters. The number of carboxylic acids is 1. The Balaban J connectivity index is 1.68. The van der Waals surface area contributed by atoms with Crippen molar-refractivity contribution in [1.29, 1.82) is 0 Å². The summed E-state index contributed by atoms with van der Waals surface area (Å²) < 4.78 is 5.80. The van der Waals surface area contributed by atoms with Gasteiger partial charge in [0, 0.05) is 37.6 Å². The van der Waals surface area contributed by atoms with Crippen LogP contribution in [-0.4, -0.2) is 45.6 Å². The van der Waals surface area contributed by atoms with E-state index >= 15 is 0 Å². The molecule has 0 aromatic carbocycles. The molecule has 6 nitrogen and oxygen atoms in total. The fraction of sp³-hybridized carbons (Fsp3) is 0.312. The van der Waals surface area contributed by atoms with Crippen LogP contribution in [-0.2, 0) is 11.3 Å². The number of aromatic nitrogens is 2. The minimum atomic E-state index is -1.00. The molecule has 1 fully saturated rings. The zero-order valence-electron chi connectivity index (χ0n) is 12.1. The van der Waals surface area contributed by atoms with E-state index < -0.39 is 5.97 Å². The molecule has 1 aliphatic heterocycles. The van der Waals surface area contributed by atoms with E-state index in [0.717, 1.165) is 24.3 Å². The molecule has 22 heavy (non-hydrogen) atoms. The molecule has 3 rings (SSSR count). The second-order valence-corrected chi connectivity index (χ2v) is 5.20. The SMILES string of the molecule is O=C(O)c1cccc(CN2CCO[C@@H](c3cccnc3)C2)n1. The fourth-order valence-corrected chi connectivity index (χ4v) is 2.53. The summed E-state index contributed by atoms with van der Waals surface area (Å²) in [5, 5.41) is 9.00. The summed E-state index contributed by atoms with van der Waals surface area (Å²) >= 11 is 0. The van der Waals surface area contributed by atoms with Crippen molar-refractivity contribution >= 4 is 5.97 Å². The van der Waals surface area contributed by atoms with E-state index in [1.165, 1.54) is 6.07 Å². The van der Waals surface area contributed by atoms with Crippen LogP contribution in [0.5, 0.6) is 0 Å². The predicted octanol–water partition coefficient (Wildman–Crippen LogP) is 1.75. The molecule has 0 amide bonds. The van der Waals surface area contributed by atoms with Gasteiger partial charge >= 0.3 is 5.97 Å². The highest BCUT2D eigenvalue weighted by Gasteiger charge is 2.22. The quantitative estimate of drug-likeness (QED) is 0.927. The third-order valence-electron chi connectivity index (χ3n) is 3.62. The summed E-state index contributed by atoms with van der Waals surface area (Å²) in [4.78, 5) is 21.5. The molecule has 0 bridgehead atoms. The smallest absolute Gasteiger partial charge is 0.354 e. The van der Waals surface area contributed by atoms with Crippen LogP contribution in [0.4, 0.5) is 0 Å². The van der Waals surface area contributed by atoms with Gasteiger partial charge in [0.25, 0.3) is 0 Å². The highest BCUT2D eigenvalue weighted by molar-refractivity contribution is 5.85. The van der Waals surface area contributed by atoms with Gasteiger partial charge in [-0.2, -0.15) is 0 Å². The van der Waals surface area contributed by atoms with Crippen LogP contribution in [0, 0.1) is 0 Å². The molecule has 1 N–H and O–H groups in total. The van der Waals surface area contributed by atoms with Gasteiger partial charge < -0.3 is 9.84 Å². The molecule has 0 radical (unpaired) electrons. The molecule has 3 heterocycles. The average Bonchev–Trinajstić information content (AvgIpc) is 2.56. The van der Waals surface area contributed by atoms with Gasteiger partial charge in [-0.05, 0) is 18.2 Å². The zero-order chi connectivity index (χ0) is 15.4. The maximum Gasteiger partial charge on any atom is 0.354 e. The largest absolute Gasteiger partial charge is 0.477 e. The van der Waals surface area contributed by atoms with Crippen molar-refractivity contribution in [3.8, 4) is 0 Å². The Hall–Kier alpha value is -2.31. The highest BCUT2D eigenvalue weighted by Crippen LogP contribution is 2.22. The number of aromatic carboxylic acids is 1. The van der Waals surface area contributed by atoms with E-state index in [9.17, 15) is 4.79 Å². The molecule has 1 aliphatic rings. The van der Waals surface area contributed by atoms with Gasteiger partial charge in [-0.15, -0.1) is 0 Å². The van der Waals surface area contributed by atoms with Gasteiger partial charge in [0.1, 0.15) is 5.69 Å². The van der Waals surface area contributed by atoms with Gasteiger partial charge in [0.15, 0.2) is 0 Å². The van der Waals surface area contributed by atoms with Crippen LogP contribution in [0.15, 0.2) is 42.7 Å². The molecule has 114 valence electrons. The van der Waals surface area contributed by atoms with E-state index in [-0.39, 0.29) is 11.8 Å². The Bertz CT molecular complexity index is 648. The summed E-state index contributed by atoms with van der Waals surface area (Å²) in [6, 6.07) is 8.98. The van der Waals surface area contributed by atoms with Crippen LogP contribution in [0.1, 0.15) is 27.8 Å². The van der Waals surface area contributed by atoms with Gasteiger partial charge in [0.2, 0.25) is 0 Å². The van der Waals surface area contributed by atoms with Crippen LogP contribution in [0.3, 0.4) is 0 Å². The molecule has 0 unspecified atom stereocenters. The van der Waals surface area contributed by atoms with Crippen LogP contribution in [0.25, 0.3) is 0 Å². The Labute approximate surface area is 128 Å². The number of ether oxygens (including phenoxy) is 1. The standard InChI is InChI=1S/C16H17N3O3/c20-16(21)14-5-1-4-13(18-14)10-19-7-8-22-15(11-19)12-3-2-6-17-9-12/h1-6,9,15H,7-8,10-11H2,(H,20,21)/t15-/m1/s1. The van der Waals surface area contributed by atoms with E-state index in [0.29, 0.717) is 13.2 Å². The number of morpholine rings is 1. The first kappa shape index (κ1) is 14.6. The number of carboxylic acid groups (broad SMARTS) is 1. The Morgan fingerprint density at radius 2 is 2.27 bits per heavy atom. The number of nitrogens with zero attached hydrogens (tertiary/aromatic N) is 3. The molecule has 2 aromatic rings.